The fourth-order valence-corrected chi connectivity index (χ4v) is 4.13. The number of carbonyl (C=O) groups excluding carboxylic acids is 1. The molecular weight excluding hydrogens is 424 g/mol. The molecule has 2 heterocycles. The number of hydrogen-bond donors (Lipinski definition) is 3. The molecule has 1 unspecified atom stereocenters. The smallest absolute Gasteiger partial charge is 0.251 e. The van der Waals surface area contributed by atoms with Gasteiger partial charge >= 0.3 is 0 Å². The normalized spacial score (nSPS) is 17.6. The molecule has 3 N–H and O–H groups in total. The van der Waals surface area contributed by atoms with Crippen molar-refractivity contribution in [1.29, 1.82) is 0 Å². The van der Waals surface area contributed by atoms with Crippen molar-refractivity contribution in [2.45, 2.75) is 45.1 Å². The second-order valence-electron chi connectivity index (χ2n) is 9.56. The van der Waals surface area contributed by atoms with Gasteiger partial charge in [-0.1, -0.05) is 38.1 Å². The molecule has 2 aromatic heterocycles. The Morgan fingerprint density at radius 1 is 1.21 bits per heavy atom. The maximum absolute atomic E-state index is 12.4. The van der Waals surface area contributed by atoms with Crippen LogP contribution in [-0.2, 0) is 0 Å². The standard InChI is InChI=1S/C27H32N6O/c1-17(2)14-29-25-26-30-15-24(19-4-6-20(7-5-19)27(34)31-22-12-13-22)33(26)16-23(32-25)18-8-10-21(28-3)11-9-18/h4-8,10-11,15-18,22,28H,9,12-14H2,1-3H3,(H,29,32)(H,31,34). The Hall–Kier alpha value is -3.61. The number of hydrogen-bond acceptors (Lipinski definition) is 5. The van der Waals surface area contributed by atoms with Crippen LogP contribution >= 0.6 is 0 Å². The lowest BCUT2D eigenvalue weighted by atomic mass is 9.96. The SMILES string of the molecule is CNC1=CCC(c2cn3c(-c4ccc(C(=O)NC5CC5)cc4)cnc3c(NCC(C)C)n2)C=C1. The van der Waals surface area contributed by atoms with Crippen LogP contribution in [-0.4, -0.2) is 39.9 Å². The third-order valence-corrected chi connectivity index (χ3v) is 6.31. The van der Waals surface area contributed by atoms with Gasteiger partial charge in [0.15, 0.2) is 11.5 Å². The molecule has 7 nitrogen and oxygen atoms in total. The molecule has 5 rings (SSSR count). The summed E-state index contributed by atoms with van der Waals surface area (Å²) in [5, 5.41) is 9.75. The van der Waals surface area contributed by atoms with E-state index in [1.807, 2.05) is 37.5 Å². The average molecular weight is 457 g/mol. The van der Waals surface area contributed by atoms with Crippen molar-refractivity contribution in [2.24, 2.45) is 5.92 Å². The van der Waals surface area contributed by atoms with E-state index in [-0.39, 0.29) is 11.8 Å². The van der Waals surface area contributed by atoms with E-state index in [4.69, 9.17) is 9.97 Å². The number of aromatic nitrogens is 3. The molecule has 1 amide bonds. The Morgan fingerprint density at radius 2 is 2.00 bits per heavy atom. The lowest BCUT2D eigenvalue weighted by Gasteiger charge is -2.18. The minimum absolute atomic E-state index is 0.00284. The monoisotopic (exact) mass is 456 g/mol. The molecule has 0 radical (unpaired) electrons. The Morgan fingerprint density at radius 3 is 2.65 bits per heavy atom. The summed E-state index contributed by atoms with van der Waals surface area (Å²) >= 11 is 0. The first-order valence-corrected chi connectivity index (χ1v) is 12.1. The van der Waals surface area contributed by atoms with Crippen LogP contribution in [0, 0.1) is 5.92 Å². The summed E-state index contributed by atoms with van der Waals surface area (Å²) in [6.45, 7) is 5.18. The van der Waals surface area contributed by atoms with Gasteiger partial charge in [0, 0.05) is 48.6 Å². The fraction of sp³-hybridized carbons (Fsp3) is 0.370. The fourth-order valence-electron chi connectivity index (χ4n) is 4.13. The van der Waals surface area contributed by atoms with Crippen LogP contribution in [0.15, 0.2) is 60.6 Å². The summed E-state index contributed by atoms with van der Waals surface area (Å²) in [4.78, 5) is 22.1. The van der Waals surface area contributed by atoms with Gasteiger partial charge in [0.2, 0.25) is 0 Å². The Balaban J connectivity index is 1.49. The van der Waals surface area contributed by atoms with Crippen LogP contribution in [0.2, 0.25) is 0 Å². The zero-order chi connectivity index (χ0) is 23.7. The van der Waals surface area contributed by atoms with Gasteiger partial charge in [-0.15, -0.1) is 0 Å². The Kier molecular flexibility index (Phi) is 6.09. The summed E-state index contributed by atoms with van der Waals surface area (Å²) in [5.41, 5.74) is 5.61. The van der Waals surface area contributed by atoms with Crippen LogP contribution in [0.25, 0.3) is 16.9 Å². The number of anilines is 1. The number of allylic oxidation sites excluding steroid dienone is 3. The maximum atomic E-state index is 12.4. The average Bonchev–Trinajstić information content (AvgIpc) is 3.57. The summed E-state index contributed by atoms with van der Waals surface area (Å²) < 4.78 is 2.12. The number of rotatable bonds is 8. The molecule has 1 fully saturated rings. The number of likely N-dealkylation sites (N-methyl/N-ethyl adjacent to an activating group) is 1. The molecule has 0 saturated heterocycles. The van der Waals surface area contributed by atoms with Gasteiger partial charge in [-0.25, -0.2) is 9.97 Å². The third-order valence-electron chi connectivity index (χ3n) is 6.31. The van der Waals surface area contributed by atoms with Crippen molar-refractivity contribution < 1.29 is 4.79 Å². The summed E-state index contributed by atoms with van der Waals surface area (Å²) in [5.74, 6) is 1.49. The number of fused-ring (bicyclic) bond motifs is 1. The van der Waals surface area contributed by atoms with Gasteiger partial charge in [0.25, 0.3) is 5.91 Å². The lowest BCUT2D eigenvalue weighted by Crippen LogP contribution is -2.25. The summed E-state index contributed by atoms with van der Waals surface area (Å²) in [6, 6.07) is 8.12. The largest absolute Gasteiger partial charge is 0.388 e. The molecule has 0 spiro atoms. The van der Waals surface area contributed by atoms with E-state index in [1.165, 1.54) is 0 Å². The molecule has 7 heteroatoms. The molecule has 0 bridgehead atoms. The van der Waals surface area contributed by atoms with Crippen LogP contribution in [0.5, 0.6) is 0 Å². The zero-order valence-electron chi connectivity index (χ0n) is 20.0. The molecule has 1 saturated carbocycles. The van der Waals surface area contributed by atoms with E-state index in [9.17, 15) is 4.79 Å². The first kappa shape index (κ1) is 22.2. The lowest BCUT2D eigenvalue weighted by molar-refractivity contribution is 0.0951. The van der Waals surface area contributed by atoms with Gasteiger partial charge in [-0.2, -0.15) is 0 Å². The predicted octanol–water partition coefficient (Wildman–Crippen LogP) is 4.50. The molecule has 176 valence electrons. The van der Waals surface area contributed by atoms with Gasteiger partial charge in [0.1, 0.15) is 0 Å². The highest BCUT2D eigenvalue weighted by Gasteiger charge is 2.24. The van der Waals surface area contributed by atoms with Crippen molar-refractivity contribution in [3.63, 3.8) is 0 Å². The maximum Gasteiger partial charge on any atom is 0.251 e. The molecule has 2 aliphatic rings. The van der Waals surface area contributed by atoms with Crippen LogP contribution in [0.3, 0.4) is 0 Å². The van der Waals surface area contributed by atoms with Crippen molar-refractivity contribution >= 4 is 17.4 Å². The van der Waals surface area contributed by atoms with Crippen LogP contribution in [0.4, 0.5) is 5.82 Å². The van der Waals surface area contributed by atoms with Crippen molar-refractivity contribution in [1.82, 2.24) is 25.0 Å². The minimum Gasteiger partial charge on any atom is -0.388 e. The number of benzene rings is 1. The van der Waals surface area contributed by atoms with E-state index in [0.717, 1.165) is 59.9 Å². The first-order chi connectivity index (χ1) is 16.5. The number of carbonyl (C=O) groups is 1. The number of nitrogens with zero attached hydrogens (tertiary/aromatic N) is 3. The van der Waals surface area contributed by atoms with Gasteiger partial charge in [0.05, 0.1) is 17.6 Å². The van der Waals surface area contributed by atoms with E-state index < -0.39 is 0 Å². The molecule has 1 aromatic carbocycles. The Labute approximate surface area is 200 Å². The minimum atomic E-state index is -0.00284. The number of nitrogens with one attached hydrogen (secondary N) is 3. The third kappa shape index (κ3) is 4.69. The summed E-state index contributed by atoms with van der Waals surface area (Å²) in [7, 11) is 1.94. The molecular formula is C27H32N6O. The number of imidazole rings is 1. The van der Waals surface area contributed by atoms with Crippen LogP contribution < -0.4 is 16.0 Å². The van der Waals surface area contributed by atoms with Crippen molar-refractivity contribution in [2.75, 3.05) is 18.9 Å². The van der Waals surface area contributed by atoms with Crippen molar-refractivity contribution in [3.05, 3.63) is 71.8 Å². The van der Waals surface area contributed by atoms with Gasteiger partial charge in [-0.3, -0.25) is 9.20 Å². The predicted molar refractivity (Wildman–Crippen MR) is 136 cm³/mol. The highest BCUT2D eigenvalue weighted by Crippen LogP contribution is 2.30. The molecule has 3 aromatic rings. The molecule has 2 aliphatic carbocycles. The number of amides is 1. The second kappa shape index (κ2) is 9.33. The van der Waals surface area contributed by atoms with E-state index in [0.29, 0.717) is 17.5 Å². The van der Waals surface area contributed by atoms with E-state index in [2.05, 4.69) is 58.6 Å². The highest BCUT2D eigenvalue weighted by molar-refractivity contribution is 5.95. The first-order valence-electron chi connectivity index (χ1n) is 12.1. The second-order valence-corrected chi connectivity index (χ2v) is 9.56. The zero-order valence-corrected chi connectivity index (χ0v) is 20.0. The molecule has 1 atom stereocenters. The van der Waals surface area contributed by atoms with Gasteiger partial charge < -0.3 is 16.0 Å². The molecule has 0 aliphatic heterocycles. The van der Waals surface area contributed by atoms with E-state index >= 15 is 0 Å². The van der Waals surface area contributed by atoms with Crippen LogP contribution in [0.1, 0.15) is 55.1 Å². The van der Waals surface area contributed by atoms with Crippen molar-refractivity contribution in [3.8, 4) is 11.3 Å². The summed E-state index contributed by atoms with van der Waals surface area (Å²) in [6.07, 6.45) is 13.6. The highest BCUT2D eigenvalue weighted by atomic mass is 16.1. The topological polar surface area (TPSA) is 83.3 Å². The van der Waals surface area contributed by atoms with Gasteiger partial charge in [-0.05, 0) is 43.4 Å². The Bertz CT molecular complexity index is 1250. The quantitative estimate of drug-likeness (QED) is 0.465. The molecule has 34 heavy (non-hydrogen) atoms. The van der Waals surface area contributed by atoms with E-state index in [1.54, 1.807) is 0 Å².